The fourth-order valence-electron chi connectivity index (χ4n) is 11.3. The summed E-state index contributed by atoms with van der Waals surface area (Å²) in [5.74, 6) is 2.23. The van der Waals surface area contributed by atoms with Gasteiger partial charge in [0.2, 0.25) is 0 Å². The molecule has 12 rings (SSSR count). The van der Waals surface area contributed by atoms with Crippen molar-refractivity contribution in [1.29, 1.82) is 10.5 Å². The van der Waals surface area contributed by atoms with Crippen molar-refractivity contribution in [2.45, 2.75) is 101 Å². The molecule has 0 aliphatic rings. The van der Waals surface area contributed by atoms with Crippen LogP contribution in [0.3, 0.4) is 0 Å². The molecule has 0 aliphatic heterocycles. The molecule has 0 saturated heterocycles. The summed E-state index contributed by atoms with van der Waals surface area (Å²) >= 11 is 3.01. The Morgan fingerprint density at radius 2 is 0.747 bits per heavy atom. The second-order valence-corrected chi connectivity index (χ2v) is 24.4. The second-order valence-electron chi connectivity index (χ2n) is 22.3. The number of fused-ring (bicyclic) bond motifs is 3. The average molecular weight is 1230 g/mol. The van der Waals surface area contributed by atoms with Gasteiger partial charge in [-0.05, 0) is 95.8 Å². The van der Waals surface area contributed by atoms with Gasteiger partial charge in [0.1, 0.15) is 44.8 Å². The zero-order valence-corrected chi connectivity index (χ0v) is 56.0. The fourth-order valence-corrected chi connectivity index (χ4v) is 13.3. The van der Waals surface area contributed by atoms with Gasteiger partial charge in [-0.3, -0.25) is 0 Å². The lowest BCUT2D eigenvalue weighted by Crippen LogP contribution is -2.54. The maximum Gasteiger partial charge on any atom is 0.328 e. The van der Waals surface area contributed by atoms with Crippen molar-refractivity contribution in [3.05, 3.63) is 239 Å². The first-order valence-electron chi connectivity index (χ1n) is 32.5. The smallest absolute Gasteiger partial charge is 0.328 e. The molecule has 458 valence electrons. The number of aromatic nitrogens is 4. The van der Waals surface area contributed by atoms with Crippen LogP contribution in [0.2, 0.25) is 0 Å². The van der Waals surface area contributed by atoms with Crippen molar-refractivity contribution in [1.82, 2.24) is 18.9 Å². The van der Waals surface area contributed by atoms with E-state index in [1.807, 2.05) is 88.4 Å². The number of nitriles is 2. The number of thiazole rings is 2. The quantitative estimate of drug-likeness (QED) is 0.0705. The Labute approximate surface area is 547 Å². The van der Waals surface area contributed by atoms with E-state index in [9.17, 15) is 10.5 Å². The minimum Gasteiger partial charge on any atom is -0.493 e. The maximum absolute atomic E-state index is 12.3. The summed E-state index contributed by atoms with van der Waals surface area (Å²) in [6.45, 7) is 21.3. The number of para-hydroxylation sites is 2. The summed E-state index contributed by atoms with van der Waals surface area (Å²) in [4.78, 5) is 10.7. The van der Waals surface area contributed by atoms with Crippen molar-refractivity contribution in [3.63, 3.8) is 0 Å². The van der Waals surface area contributed by atoms with Gasteiger partial charge in [-0.1, -0.05) is 269 Å². The van der Waals surface area contributed by atoms with Crippen LogP contribution in [0.5, 0.6) is 11.5 Å². The van der Waals surface area contributed by atoms with Crippen LogP contribution >= 0.6 is 22.7 Å². The Hall–Kier alpha value is -9.19. The molecule has 12 aromatic rings. The highest BCUT2D eigenvalue weighted by Gasteiger charge is 2.38. The lowest BCUT2D eigenvalue weighted by atomic mass is 9.50. The number of rotatable bonds is 20. The molecule has 2 unspecified atom stereocenters. The Bertz CT molecular complexity index is 4060. The van der Waals surface area contributed by atoms with E-state index in [0.717, 1.165) is 99.9 Å². The molecule has 0 spiro atoms. The van der Waals surface area contributed by atoms with Crippen LogP contribution in [0.15, 0.2) is 218 Å². The largest absolute Gasteiger partial charge is 0.493 e. The highest BCUT2D eigenvalue weighted by molar-refractivity contribution is 7.20. The van der Waals surface area contributed by atoms with Crippen LogP contribution in [-0.4, -0.2) is 45.8 Å². The molecule has 8 aromatic carbocycles. The van der Waals surface area contributed by atoms with Crippen molar-refractivity contribution >= 4 is 101 Å². The molecule has 4 aromatic heterocycles. The summed E-state index contributed by atoms with van der Waals surface area (Å²) < 4.78 is 19.7. The monoisotopic (exact) mass is 1230 g/mol. The van der Waals surface area contributed by atoms with Gasteiger partial charge in [0, 0.05) is 22.2 Å². The van der Waals surface area contributed by atoms with Crippen LogP contribution in [0.4, 0.5) is 0 Å². The fraction of sp³-hybridized carbons (Fsp3) is 0.241. The van der Waals surface area contributed by atoms with Gasteiger partial charge in [-0.25, -0.2) is 9.97 Å². The summed E-state index contributed by atoms with van der Waals surface area (Å²) in [6.07, 6.45) is 6.07. The van der Waals surface area contributed by atoms with Gasteiger partial charge in [-0.15, -0.1) is 22.7 Å². The summed E-state index contributed by atoms with van der Waals surface area (Å²) in [6, 6.07) is 80.7. The lowest BCUT2D eigenvalue weighted by Gasteiger charge is -2.24. The van der Waals surface area contributed by atoms with Crippen molar-refractivity contribution in [2.75, 3.05) is 13.2 Å². The molecular formula is C79H82B2N6O2S2. The third kappa shape index (κ3) is 14.7. The molecule has 0 N–H and O–H groups in total. The number of benzene rings is 8. The van der Waals surface area contributed by atoms with Gasteiger partial charge in [0.25, 0.3) is 0 Å². The number of nitrogens with zero attached hydrogens (tertiary/aromatic N) is 6. The average Bonchev–Trinajstić information content (AvgIpc) is 1.53. The predicted octanol–water partition coefficient (Wildman–Crippen LogP) is 16.8. The molecule has 8 nitrogen and oxygen atoms in total. The SMILES string of the molecule is CC.CC.CCC(C)COc1ccc(-c2c3/c(=C(\C#N)c4nc5ccccc5s4)n(B(c4ccccc4)c4ccccc4)c(-c4ccc(OCC(C)CC)cc4)c3/c(=C(\C#N)c3nc4ccccc4s3)n2B(c2ccccc2)c2ccccc2)cc1.CCCCC. The van der Waals surface area contributed by atoms with Crippen molar-refractivity contribution in [3.8, 4) is 46.2 Å². The van der Waals surface area contributed by atoms with Gasteiger partial charge >= 0.3 is 13.7 Å². The Morgan fingerprint density at radius 1 is 0.440 bits per heavy atom. The van der Waals surface area contributed by atoms with Gasteiger partial charge in [0.05, 0.1) is 44.3 Å². The van der Waals surface area contributed by atoms with E-state index < -0.39 is 13.7 Å². The topological polar surface area (TPSA) is 102 Å². The molecule has 12 heteroatoms. The van der Waals surface area contributed by atoms with Crippen LogP contribution in [0.25, 0.3) is 64.9 Å². The van der Waals surface area contributed by atoms with Crippen molar-refractivity contribution < 1.29 is 9.47 Å². The zero-order chi connectivity index (χ0) is 64.2. The summed E-state index contributed by atoms with van der Waals surface area (Å²) in [5.41, 5.74) is 9.76. The summed E-state index contributed by atoms with van der Waals surface area (Å²) in [7, 11) is 0. The molecule has 4 heterocycles. The number of ether oxygens (including phenoxy) is 2. The lowest BCUT2D eigenvalue weighted by molar-refractivity contribution is 0.256. The molecule has 0 fully saturated rings. The van der Waals surface area contributed by atoms with E-state index in [0.29, 0.717) is 56.9 Å². The van der Waals surface area contributed by atoms with E-state index >= 15 is 0 Å². The second kappa shape index (κ2) is 32.5. The highest BCUT2D eigenvalue weighted by Crippen LogP contribution is 2.39. The first kappa shape index (κ1) is 66.2. The van der Waals surface area contributed by atoms with Crippen LogP contribution in [0.1, 0.15) is 111 Å². The van der Waals surface area contributed by atoms with E-state index in [1.165, 1.54) is 41.9 Å². The minimum absolute atomic E-state index is 0.366. The first-order chi connectivity index (χ1) is 44.8. The minimum atomic E-state index is -0.517. The van der Waals surface area contributed by atoms with Crippen LogP contribution < -0.4 is 42.0 Å². The first-order valence-corrected chi connectivity index (χ1v) is 34.1. The number of hydrogen-bond acceptors (Lipinski definition) is 8. The number of unbranched alkanes of at least 4 members (excludes halogenated alkanes) is 2. The molecule has 2 atom stereocenters. The zero-order valence-electron chi connectivity index (χ0n) is 54.4. The molecule has 0 saturated carbocycles. The van der Waals surface area contributed by atoms with Gasteiger partial charge < -0.3 is 18.4 Å². The highest BCUT2D eigenvalue weighted by atomic mass is 32.1. The van der Waals surface area contributed by atoms with Crippen LogP contribution in [-0.2, 0) is 0 Å². The third-order valence-electron chi connectivity index (χ3n) is 16.3. The van der Waals surface area contributed by atoms with E-state index in [4.69, 9.17) is 19.4 Å². The van der Waals surface area contributed by atoms with Gasteiger partial charge in [-0.2, -0.15) is 10.5 Å². The van der Waals surface area contributed by atoms with E-state index in [1.54, 1.807) is 0 Å². The standard InChI is InChI=1S/C70H58B2N6O2S2.C5H12.2C2H6/c1-5-47(3)45-79-55-39-35-49(36-40-55)65-63-64(68(58(44-74)70-76-60-32-20-22-34-62(60)82-70)77(65)71(51-23-11-7-12-24-51)52-25-13-8-14-26-52)66(50-37-41-56(42-38-50)80-46-48(4)6-2)78(72(53-27-15-9-16-28-53)54-29-17-10-18-30-54)67(63)57(43-73)69-75-59-31-19-21-33-61(59)81-69;1-3-5-4-2;2*1-2/h7-42,47-48H,5-6,45-46H2,1-4H3;3-5H2,1-2H3;2*1-2H3/b67-57-,68-58-;;;. The predicted molar refractivity (Wildman–Crippen MR) is 390 cm³/mol. The Kier molecular flexibility index (Phi) is 23.7. The molecule has 0 aliphatic carbocycles. The van der Waals surface area contributed by atoms with E-state index in [2.05, 4.69) is 220 Å². The molecule has 0 amide bonds. The maximum atomic E-state index is 12.3. The molecular weight excluding hydrogens is 1150 g/mol. The Balaban J connectivity index is 0.00000103. The molecule has 0 radical (unpaired) electrons. The molecule has 0 bridgehead atoms. The Morgan fingerprint density at radius 3 is 1.02 bits per heavy atom. The third-order valence-corrected chi connectivity index (χ3v) is 18.4. The number of hydrogen-bond donors (Lipinski definition) is 0. The van der Waals surface area contributed by atoms with Crippen LogP contribution in [0, 0.1) is 34.5 Å². The van der Waals surface area contributed by atoms with Gasteiger partial charge in [0.15, 0.2) is 0 Å². The molecule has 91 heavy (non-hydrogen) atoms. The van der Waals surface area contributed by atoms with Crippen molar-refractivity contribution in [2.24, 2.45) is 11.8 Å². The van der Waals surface area contributed by atoms with E-state index in [-0.39, 0.29) is 0 Å². The summed E-state index contributed by atoms with van der Waals surface area (Å²) in [5, 5.41) is 28.7. The normalized spacial score (nSPS) is 12.2.